The first kappa shape index (κ1) is 26.6. The molecule has 0 bridgehead atoms. The summed E-state index contributed by atoms with van der Waals surface area (Å²) in [5, 5.41) is 5.36. The SMILES string of the molecule is c1ccc(-c2cc(-c3cccc4oc5ccccc5c34)nc(-c3ccc(-c4nc5ccccc5c5c4oc4ccccc45)cc3)n2)cc1. The third-order valence-electron chi connectivity index (χ3n) is 9.11. The van der Waals surface area contributed by atoms with E-state index in [-0.39, 0.29) is 0 Å². The van der Waals surface area contributed by atoms with Crippen LogP contribution in [-0.4, -0.2) is 15.0 Å². The van der Waals surface area contributed by atoms with Gasteiger partial charge in [0.15, 0.2) is 11.4 Å². The fraction of sp³-hybridized carbons (Fsp3) is 0. The Balaban J connectivity index is 1.15. The van der Waals surface area contributed by atoms with Crippen molar-refractivity contribution in [3.63, 3.8) is 0 Å². The van der Waals surface area contributed by atoms with Crippen LogP contribution in [-0.2, 0) is 0 Å². The third kappa shape index (κ3) is 4.15. The van der Waals surface area contributed by atoms with E-state index in [9.17, 15) is 0 Å². The number of fused-ring (bicyclic) bond motifs is 8. The Labute approximate surface area is 274 Å². The molecular weight excluding hydrogens is 590 g/mol. The van der Waals surface area contributed by atoms with Crippen molar-refractivity contribution in [3.05, 3.63) is 152 Å². The van der Waals surface area contributed by atoms with Crippen molar-refractivity contribution in [2.24, 2.45) is 0 Å². The van der Waals surface area contributed by atoms with Crippen LogP contribution >= 0.6 is 0 Å². The molecule has 0 radical (unpaired) electrons. The molecule has 6 aromatic carbocycles. The molecule has 0 aliphatic carbocycles. The van der Waals surface area contributed by atoms with Gasteiger partial charge in [-0.05, 0) is 30.3 Å². The van der Waals surface area contributed by atoms with Crippen molar-refractivity contribution in [1.29, 1.82) is 0 Å². The van der Waals surface area contributed by atoms with Crippen LogP contribution in [0, 0.1) is 0 Å². The summed E-state index contributed by atoms with van der Waals surface area (Å²) in [6, 6.07) is 51.3. The van der Waals surface area contributed by atoms with E-state index in [0.717, 1.165) is 94.1 Å². The van der Waals surface area contributed by atoms with E-state index in [0.29, 0.717) is 5.82 Å². The first-order valence-corrected chi connectivity index (χ1v) is 15.9. The van der Waals surface area contributed by atoms with Crippen LogP contribution in [0.25, 0.3) is 99.9 Å². The molecule has 5 nitrogen and oxygen atoms in total. The van der Waals surface area contributed by atoms with Gasteiger partial charge in [0, 0.05) is 49.2 Å². The van der Waals surface area contributed by atoms with E-state index < -0.39 is 0 Å². The van der Waals surface area contributed by atoms with Crippen LogP contribution < -0.4 is 0 Å². The first-order valence-electron chi connectivity index (χ1n) is 15.9. The Hall–Kier alpha value is -6.59. The summed E-state index contributed by atoms with van der Waals surface area (Å²) in [5.74, 6) is 0.642. The smallest absolute Gasteiger partial charge is 0.162 e. The average Bonchev–Trinajstić information content (AvgIpc) is 3.74. The molecule has 0 aliphatic rings. The maximum Gasteiger partial charge on any atom is 0.162 e. The summed E-state index contributed by atoms with van der Waals surface area (Å²) < 4.78 is 12.7. The fourth-order valence-electron chi connectivity index (χ4n) is 6.87. The zero-order chi connectivity index (χ0) is 31.6. The van der Waals surface area contributed by atoms with E-state index >= 15 is 0 Å². The Bertz CT molecular complexity index is 2830. The molecule has 0 unspecified atom stereocenters. The van der Waals surface area contributed by atoms with E-state index in [1.54, 1.807) is 0 Å². The molecular formula is C43H25N3O2. The summed E-state index contributed by atoms with van der Waals surface area (Å²) in [4.78, 5) is 15.3. The lowest BCUT2D eigenvalue weighted by Gasteiger charge is -2.11. The highest BCUT2D eigenvalue weighted by Crippen LogP contribution is 2.40. The number of benzene rings is 6. The number of hydrogen-bond donors (Lipinski definition) is 0. The number of para-hydroxylation sites is 3. The molecule has 10 rings (SSSR count). The zero-order valence-corrected chi connectivity index (χ0v) is 25.6. The van der Waals surface area contributed by atoms with Crippen molar-refractivity contribution in [1.82, 2.24) is 15.0 Å². The highest BCUT2D eigenvalue weighted by Gasteiger charge is 2.19. The average molecular weight is 616 g/mol. The maximum atomic E-state index is 6.45. The molecule has 0 amide bonds. The van der Waals surface area contributed by atoms with Gasteiger partial charge in [0.2, 0.25) is 0 Å². The normalized spacial score (nSPS) is 11.8. The molecule has 224 valence electrons. The Morgan fingerprint density at radius 3 is 1.83 bits per heavy atom. The van der Waals surface area contributed by atoms with Gasteiger partial charge in [-0.15, -0.1) is 0 Å². The van der Waals surface area contributed by atoms with Gasteiger partial charge in [-0.2, -0.15) is 0 Å². The van der Waals surface area contributed by atoms with Gasteiger partial charge in [0.25, 0.3) is 0 Å². The summed E-state index contributed by atoms with van der Waals surface area (Å²) in [6.07, 6.45) is 0. The molecule has 0 saturated carbocycles. The van der Waals surface area contributed by atoms with Gasteiger partial charge >= 0.3 is 0 Å². The Kier molecular flexibility index (Phi) is 5.81. The lowest BCUT2D eigenvalue weighted by molar-refractivity contribution is 0.668. The Morgan fingerprint density at radius 1 is 0.396 bits per heavy atom. The van der Waals surface area contributed by atoms with Gasteiger partial charge < -0.3 is 8.83 Å². The predicted octanol–water partition coefficient (Wildman–Crippen LogP) is 11.5. The van der Waals surface area contributed by atoms with Crippen LogP contribution in [0.5, 0.6) is 0 Å². The largest absolute Gasteiger partial charge is 0.456 e. The lowest BCUT2D eigenvalue weighted by Crippen LogP contribution is -1.96. The number of pyridine rings is 1. The number of furan rings is 2. The molecule has 0 N–H and O–H groups in total. The minimum absolute atomic E-state index is 0.642. The van der Waals surface area contributed by atoms with Gasteiger partial charge in [-0.1, -0.05) is 121 Å². The molecule has 0 aliphatic heterocycles. The summed E-state index contributed by atoms with van der Waals surface area (Å²) in [5.41, 5.74) is 10.6. The standard InChI is InChI=1S/C43H25N3O2/c1-2-11-26(12-3-1)34-25-35(30-16-10-20-38-39(30)31-14-5-8-18-36(31)47-38)46-43(45-34)28-23-21-27(22-24-28)41-42-40(29-13-4-7-17-33(29)44-41)32-15-6-9-19-37(32)48-42/h1-25H. The van der Waals surface area contributed by atoms with Crippen molar-refractivity contribution in [2.45, 2.75) is 0 Å². The van der Waals surface area contributed by atoms with Crippen LogP contribution in [0.1, 0.15) is 0 Å². The number of nitrogens with zero attached hydrogens (tertiary/aromatic N) is 3. The fourth-order valence-corrected chi connectivity index (χ4v) is 6.87. The van der Waals surface area contributed by atoms with Crippen LogP contribution in [0.4, 0.5) is 0 Å². The maximum absolute atomic E-state index is 6.45. The predicted molar refractivity (Wildman–Crippen MR) is 194 cm³/mol. The quantitative estimate of drug-likeness (QED) is 0.197. The number of rotatable bonds is 4. The highest BCUT2D eigenvalue weighted by molar-refractivity contribution is 6.20. The van der Waals surface area contributed by atoms with Crippen molar-refractivity contribution in [2.75, 3.05) is 0 Å². The third-order valence-corrected chi connectivity index (χ3v) is 9.11. The summed E-state index contributed by atoms with van der Waals surface area (Å²) in [7, 11) is 0. The van der Waals surface area contributed by atoms with Crippen LogP contribution in [0.15, 0.2) is 160 Å². The van der Waals surface area contributed by atoms with Crippen LogP contribution in [0.2, 0.25) is 0 Å². The second-order valence-electron chi connectivity index (χ2n) is 12.0. The minimum atomic E-state index is 0.642. The second kappa shape index (κ2) is 10.5. The molecule has 0 saturated heterocycles. The molecule has 4 heterocycles. The van der Waals surface area contributed by atoms with E-state index in [4.69, 9.17) is 23.8 Å². The summed E-state index contributed by atoms with van der Waals surface area (Å²) >= 11 is 0. The molecule has 0 fully saturated rings. The topological polar surface area (TPSA) is 65.0 Å². The molecule has 0 atom stereocenters. The number of aromatic nitrogens is 3. The molecule has 10 aromatic rings. The Morgan fingerprint density at radius 2 is 1.02 bits per heavy atom. The molecule has 48 heavy (non-hydrogen) atoms. The highest BCUT2D eigenvalue weighted by atomic mass is 16.3. The minimum Gasteiger partial charge on any atom is -0.456 e. The van der Waals surface area contributed by atoms with Gasteiger partial charge in [0.05, 0.1) is 16.9 Å². The van der Waals surface area contributed by atoms with Crippen molar-refractivity contribution < 1.29 is 8.83 Å². The first-order chi connectivity index (χ1) is 23.8. The second-order valence-corrected chi connectivity index (χ2v) is 12.0. The van der Waals surface area contributed by atoms with Crippen molar-refractivity contribution in [3.8, 4) is 45.2 Å². The van der Waals surface area contributed by atoms with Gasteiger partial charge in [0.1, 0.15) is 22.4 Å². The molecule has 5 heteroatoms. The van der Waals surface area contributed by atoms with Crippen molar-refractivity contribution >= 4 is 54.8 Å². The zero-order valence-electron chi connectivity index (χ0n) is 25.6. The van der Waals surface area contributed by atoms with Crippen LogP contribution in [0.3, 0.4) is 0 Å². The monoisotopic (exact) mass is 615 g/mol. The van der Waals surface area contributed by atoms with Gasteiger partial charge in [-0.3, -0.25) is 0 Å². The van der Waals surface area contributed by atoms with E-state index in [2.05, 4.69) is 72.8 Å². The number of hydrogen-bond acceptors (Lipinski definition) is 5. The summed E-state index contributed by atoms with van der Waals surface area (Å²) in [6.45, 7) is 0. The van der Waals surface area contributed by atoms with E-state index in [1.807, 2.05) is 78.9 Å². The lowest BCUT2D eigenvalue weighted by atomic mass is 10.0. The molecule has 0 spiro atoms. The van der Waals surface area contributed by atoms with E-state index in [1.165, 1.54) is 0 Å². The molecule has 4 aromatic heterocycles. The van der Waals surface area contributed by atoms with Gasteiger partial charge in [-0.25, -0.2) is 15.0 Å².